The van der Waals surface area contributed by atoms with Gasteiger partial charge in [0.15, 0.2) is 0 Å². The van der Waals surface area contributed by atoms with Gasteiger partial charge in [-0.1, -0.05) is 6.07 Å². The van der Waals surface area contributed by atoms with Crippen LogP contribution in [0, 0.1) is 5.82 Å². The molecule has 6 N–H and O–H groups in total. The van der Waals surface area contributed by atoms with Gasteiger partial charge in [-0.25, -0.2) is 9.38 Å². The van der Waals surface area contributed by atoms with Crippen molar-refractivity contribution in [3.8, 4) is 0 Å². The predicted octanol–water partition coefficient (Wildman–Crippen LogP) is 1.54. The van der Waals surface area contributed by atoms with Crippen LogP contribution in [0.1, 0.15) is 15.9 Å². The number of aliphatic imine (C=N–C) groups is 1. The van der Waals surface area contributed by atoms with Crippen LogP contribution in [0.5, 0.6) is 0 Å². The highest BCUT2D eigenvalue weighted by Crippen LogP contribution is 2.26. The van der Waals surface area contributed by atoms with Crippen molar-refractivity contribution in [3.05, 3.63) is 59.4 Å². The summed E-state index contributed by atoms with van der Waals surface area (Å²) in [5.74, 6) is -0.910. The second kappa shape index (κ2) is 5.40. The third-order valence-corrected chi connectivity index (χ3v) is 2.70. The van der Waals surface area contributed by atoms with Gasteiger partial charge in [0.2, 0.25) is 0 Å². The van der Waals surface area contributed by atoms with E-state index in [1.54, 1.807) is 12.1 Å². The van der Waals surface area contributed by atoms with E-state index < -0.39 is 5.91 Å². The number of rotatable bonds is 3. The molecule has 102 valence electrons. The van der Waals surface area contributed by atoms with E-state index in [0.717, 1.165) is 0 Å². The molecule has 0 saturated heterocycles. The minimum atomic E-state index is -0.650. The van der Waals surface area contributed by atoms with Crippen molar-refractivity contribution >= 4 is 23.1 Å². The smallest absolute Gasteiger partial charge is 0.250 e. The minimum absolute atomic E-state index is 0.116. The summed E-state index contributed by atoms with van der Waals surface area (Å²) in [6.45, 7) is 0. The Morgan fingerprint density at radius 2 is 1.70 bits per heavy atom. The standard InChI is InChI=1S/C14H13FN4O/c15-9-6-4-8(5-7-9)13(17)19-12-10(14(18)20)2-1-3-11(12)16/h1-7H,16H2,(H2,17,19)(H2,18,20). The third kappa shape index (κ3) is 2.74. The van der Waals surface area contributed by atoms with Crippen molar-refractivity contribution in [1.29, 1.82) is 0 Å². The van der Waals surface area contributed by atoms with Crippen LogP contribution < -0.4 is 17.2 Å². The Hall–Kier alpha value is -2.89. The first kappa shape index (κ1) is 13.5. The number of carbonyl (C=O) groups excluding carboxylic acids is 1. The summed E-state index contributed by atoms with van der Waals surface area (Å²) in [7, 11) is 0. The molecule has 0 aliphatic heterocycles. The number of nitrogens with two attached hydrogens (primary N) is 3. The molecule has 0 unspecified atom stereocenters. The van der Waals surface area contributed by atoms with Crippen molar-refractivity contribution in [3.63, 3.8) is 0 Å². The fourth-order valence-corrected chi connectivity index (χ4v) is 1.69. The Bertz CT molecular complexity index is 680. The molecule has 0 atom stereocenters. The monoisotopic (exact) mass is 272 g/mol. The molecular weight excluding hydrogens is 259 g/mol. The average molecular weight is 272 g/mol. The highest BCUT2D eigenvalue weighted by Gasteiger charge is 2.11. The van der Waals surface area contributed by atoms with E-state index >= 15 is 0 Å². The van der Waals surface area contributed by atoms with Gasteiger partial charge in [0, 0.05) is 5.56 Å². The van der Waals surface area contributed by atoms with E-state index in [0.29, 0.717) is 5.56 Å². The highest BCUT2D eigenvalue weighted by molar-refractivity contribution is 6.05. The van der Waals surface area contributed by atoms with Crippen LogP contribution in [0.4, 0.5) is 15.8 Å². The third-order valence-electron chi connectivity index (χ3n) is 2.70. The van der Waals surface area contributed by atoms with Crippen LogP contribution in [0.25, 0.3) is 0 Å². The molecule has 6 heteroatoms. The SMILES string of the molecule is NC(=O)c1cccc(N)c1N=C(N)c1ccc(F)cc1. The van der Waals surface area contributed by atoms with Crippen LogP contribution in [0.2, 0.25) is 0 Å². The van der Waals surface area contributed by atoms with Crippen LogP contribution in [-0.4, -0.2) is 11.7 Å². The van der Waals surface area contributed by atoms with Gasteiger partial charge >= 0.3 is 0 Å². The van der Waals surface area contributed by atoms with Crippen molar-refractivity contribution < 1.29 is 9.18 Å². The van der Waals surface area contributed by atoms with Crippen LogP contribution >= 0.6 is 0 Å². The summed E-state index contributed by atoms with van der Waals surface area (Å²) < 4.78 is 12.8. The van der Waals surface area contributed by atoms with E-state index in [1.807, 2.05) is 0 Å². The maximum Gasteiger partial charge on any atom is 0.250 e. The number of para-hydroxylation sites is 1. The Labute approximate surface area is 114 Å². The van der Waals surface area contributed by atoms with Gasteiger partial charge in [0.1, 0.15) is 17.3 Å². The summed E-state index contributed by atoms with van der Waals surface area (Å²) >= 11 is 0. The molecule has 0 heterocycles. The Balaban J connectivity index is 2.49. The number of anilines is 1. The number of nitrogen functional groups attached to an aromatic ring is 1. The van der Waals surface area contributed by atoms with Gasteiger partial charge in [0.25, 0.3) is 5.91 Å². The van der Waals surface area contributed by atoms with E-state index in [1.165, 1.54) is 30.3 Å². The number of primary amides is 1. The highest BCUT2D eigenvalue weighted by atomic mass is 19.1. The lowest BCUT2D eigenvalue weighted by atomic mass is 10.1. The van der Waals surface area contributed by atoms with Gasteiger partial charge in [-0.15, -0.1) is 0 Å². The fourth-order valence-electron chi connectivity index (χ4n) is 1.69. The van der Waals surface area contributed by atoms with Crippen LogP contribution in [0.3, 0.4) is 0 Å². The summed E-state index contributed by atoms with van der Waals surface area (Å²) in [4.78, 5) is 15.5. The molecule has 0 aromatic heterocycles. The molecule has 0 aliphatic rings. The molecule has 2 aromatic rings. The quantitative estimate of drug-likeness (QED) is 0.448. The average Bonchev–Trinajstić information content (AvgIpc) is 2.41. The lowest BCUT2D eigenvalue weighted by molar-refractivity contribution is 0.100. The zero-order valence-electron chi connectivity index (χ0n) is 10.5. The predicted molar refractivity (Wildman–Crippen MR) is 76.2 cm³/mol. The molecular formula is C14H13FN4O. The van der Waals surface area contributed by atoms with Crippen molar-refractivity contribution in [2.75, 3.05) is 5.73 Å². The lowest BCUT2D eigenvalue weighted by Crippen LogP contribution is -2.15. The number of carbonyl (C=O) groups is 1. The molecule has 0 spiro atoms. The summed E-state index contributed by atoms with van der Waals surface area (Å²) in [5.41, 5.74) is 18.1. The molecule has 1 amide bonds. The number of amidine groups is 1. The van der Waals surface area contributed by atoms with Crippen LogP contribution in [-0.2, 0) is 0 Å². The summed E-state index contributed by atoms with van der Waals surface area (Å²) in [6.07, 6.45) is 0. The van der Waals surface area contributed by atoms with Crippen molar-refractivity contribution in [2.45, 2.75) is 0 Å². The molecule has 0 saturated carbocycles. The topological polar surface area (TPSA) is 107 Å². The van der Waals surface area contributed by atoms with Crippen molar-refractivity contribution in [1.82, 2.24) is 0 Å². The van der Waals surface area contributed by atoms with Crippen molar-refractivity contribution in [2.24, 2.45) is 16.5 Å². The molecule has 0 radical (unpaired) electrons. The van der Waals surface area contributed by atoms with E-state index in [2.05, 4.69) is 4.99 Å². The maximum atomic E-state index is 12.8. The number of hydrogen-bond donors (Lipinski definition) is 3. The minimum Gasteiger partial charge on any atom is -0.397 e. The number of benzene rings is 2. The lowest BCUT2D eigenvalue weighted by Gasteiger charge is -2.07. The molecule has 0 aliphatic carbocycles. The molecule has 2 aromatic carbocycles. The largest absolute Gasteiger partial charge is 0.397 e. The molecule has 2 rings (SSSR count). The summed E-state index contributed by atoms with van der Waals surface area (Å²) in [6, 6.07) is 10.2. The Morgan fingerprint density at radius 3 is 2.30 bits per heavy atom. The van der Waals surface area contributed by atoms with E-state index in [4.69, 9.17) is 17.2 Å². The summed E-state index contributed by atoms with van der Waals surface area (Å²) in [5, 5.41) is 0. The number of nitrogens with zero attached hydrogens (tertiary/aromatic N) is 1. The first-order valence-corrected chi connectivity index (χ1v) is 5.77. The number of amides is 1. The van der Waals surface area contributed by atoms with Crippen LogP contribution in [0.15, 0.2) is 47.5 Å². The van der Waals surface area contributed by atoms with Gasteiger partial charge in [0.05, 0.1) is 11.3 Å². The second-order valence-corrected chi connectivity index (χ2v) is 4.11. The zero-order chi connectivity index (χ0) is 14.7. The molecule has 0 bridgehead atoms. The molecule has 20 heavy (non-hydrogen) atoms. The van der Waals surface area contributed by atoms with Gasteiger partial charge in [-0.2, -0.15) is 0 Å². The van der Waals surface area contributed by atoms with E-state index in [9.17, 15) is 9.18 Å². The zero-order valence-corrected chi connectivity index (χ0v) is 10.5. The first-order valence-electron chi connectivity index (χ1n) is 5.77. The van der Waals surface area contributed by atoms with Gasteiger partial charge in [-0.05, 0) is 36.4 Å². The maximum absolute atomic E-state index is 12.8. The fraction of sp³-hybridized carbons (Fsp3) is 0. The first-order chi connectivity index (χ1) is 9.49. The molecule has 5 nitrogen and oxygen atoms in total. The Kier molecular flexibility index (Phi) is 3.65. The van der Waals surface area contributed by atoms with E-state index in [-0.39, 0.29) is 28.6 Å². The normalized spacial score (nSPS) is 11.3. The second-order valence-electron chi connectivity index (χ2n) is 4.11. The van der Waals surface area contributed by atoms with Gasteiger partial charge < -0.3 is 17.2 Å². The number of halogens is 1. The molecule has 0 fully saturated rings. The Morgan fingerprint density at radius 1 is 1.05 bits per heavy atom. The van der Waals surface area contributed by atoms with Gasteiger partial charge in [-0.3, -0.25) is 4.79 Å². The number of hydrogen-bond acceptors (Lipinski definition) is 3.